The Morgan fingerprint density at radius 2 is 1.15 bits per heavy atom. The summed E-state index contributed by atoms with van der Waals surface area (Å²) in [5.74, 6) is -0.453. The van der Waals surface area contributed by atoms with E-state index in [-0.39, 0.29) is 33.7 Å². The molecule has 0 saturated heterocycles. The van der Waals surface area contributed by atoms with Crippen molar-refractivity contribution in [2.24, 2.45) is 10.8 Å². The molecule has 2 radical (unpaired) electrons. The van der Waals surface area contributed by atoms with Gasteiger partial charge in [-0.2, -0.15) is 0 Å². The highest BCUT2D eigenvalue weighted by molar-refractivity contribution is 9.40. The molecule has 0 aliphatic heterocycles. The fourth-order valence-electron chi connectivity index (χ4n) is 6.60. The molecule has 4 nitrogen and oxygen atoms in total. The van der Waals surface area contributed by atoms with Crippen LogP contribution < -0.4 is 10.6 Å². The highest BCUT2D eigenvalue weighted by atomic mass is 80.0. The molecule has 4 rings (SSSR count). The highest BCUT2D eigenvalue weighted by Gasteiger charge is 2.67. The van der Waals surface area contributed by atoms with Crippen LogP contribution in [0.15, 0.2) is 0 Å². The minimum atomic E-state index is -1.29. The van der Waals surface area contributed by atoms with E-state index in [1.165, 1.54) is 0 Å². The lowest BCUT2D eigenvalue weighted by molar-refractivity contribution is -0.154. The maximum Gasteiger partial charge on any atom is 0.259 e. The van der Waals surface area contributed by atoms with Gasteiger partial charge in [-0.05, 0) is 97.1 Å². The van der Waals surface area contributed by atoms with Crippen LogP contribution in [0.5, 0.6) is 0 Å². The molecular weight excluding hydrogens is 663 g/mol. The van der Waals surface area contributed by atoms with Crippen molar-refractivity contribution in [1.29, 1.82) is 0 Å². The first-order valence-corrected chi connectivity index (χ1v) is 12.3. The van der Waals surface area contributed by atoms with Crippen LogP contribution in [-0.4, -0.2) is 36.0 Å². The number of hydrogen-bond donors (Lipinski definition) is 2. The second kappa shape index (κ2) is 6.45. The topological polar surface area (TPSA) is 58.2 Å². The van der Waals surface area contributed by atoms with Gasteiger partial charge in [0, 0.05) is 11.1 Å². The molecule has 10 heteroatoms. The van der Waals surface area contributed by atoms with E-state index in [4.69, 9.17) is 7.85 Å². The predicted octanol–water partition coefficient (Wildman–Crippen LogP) is 4.54. The maximum absolute atomic E-state index is 12.7. The molecule has 2 amide bonds. The van der Waals surface area contributed by atoms with Crippen molar-refractivity contribution in [3.8, 4) is 0 Å². The molecule has 144 valence electrons. The molecule has 4 fully saturated rings. The van der Waals surface area contributed by atoms with Crippen molar-refractivity contribution in [1.82, 2.24) is 10.6 Å². The molecule has 2 atom stereocenters. The van der Waals surface area contributed by atoms with E-state index < -0.39 is 5.28 Å². The number of amides is 2. The van der Waals surface area contributed by atoms with E-state index in [9.17, 15) is 9.59 Å². The van der Waals surface area contributed by atoms with Crippen LogP contribution in [0.1, 0.15) is 52.4 Å². The Hall–Kier alpha value is 1.40. The molecule has 0 spiro atoms. The second-order valence-electron chi connectivity index (χ2n) is 9.27. The van der Waals surface area contributed by atoms with E-state index in [0.29, 0.717) is 6.42 Å². The average Bonchev–Trinajstić information content (AvgIpc) is 2.29. The van der Waals surface area contributed by atoms with Crippen LogP contribution in [-0.2, 0) is 9.59 Å². The average molecular weight is 683 g/mol. The van der Waals surface area contributed by atoms with Gasteiger partial charge >= 0.3 is 0 Å². The van der Waals surface area contributed by atoms with Crippen LogP contribution in [0, 0.1) is 10.8 Å². The van der Waals surface area contributed by atoms with Crippen molar-refractivity contribution < 1.29 is 9.59 Å². The van der Waals surface area contributed by atoms with Gasteiger partial charge in [0.05, 0.1) is 0 Å². The molecular formula is C16H20BBr5N2O2. The molecule has 4 saturated carbocycles. The van der Waals surface area contributed by atoms with Gasteiger partial charge in [-0.15, -0.1) is 0 Å². The molecule has 0 heterocycles. The van der Waals surface area contributed by atoms with E-state index in [2.05, 4.69) is 104 Å². The van der Waals surface area contributed by atoms with Gasteiger partial charge in [0.1, 0.15) is 11.0 Å². The summed E-state index contributed by atoms with van der Waals surface area (Å²) in [7, 11) is 5.88. The Morgan fingerprint density at radius 3 is 1.50 bits per heavy atom. The number of alkyl halides is 5. The zero-order valence-corrected chi connectivity index (χ0v) is 22.5. The van der Waals surface area contributed by atoms with Gasteiger partial charge in [-0.1, -0.05) is 45.7 Å². The molecule has 4 aliphatic rings. The Balaban J connectivity index is 1.95. The van der Waals surface area contributed by atoms with Crippen molar-refractivity contribution in [2.75, 3.05) is 0 Å². The molecule has 26 heavy (non-hydrogen) atoms. The van der Waals surface area contributed by atoms with Crippen molar-refractivity contribution >= 4 is 99.3 Å². The monoisotopic (exact) mass is 678 g/mol. The fraction of sp³-hybridized carbons (Fsp3) is 0.875. The quantitative estimate of drug-likeness (QED) is 0.340. The number of nitrogens with one attached hydrogen (secondary N) is 2. The third-order valence-corrected chi connectivity index (χ3v) is 7.71. The summed E-state index contributed by atoms with van der Waals surface area (Å²) in [5.41, 5.74) is -0.595. The zero-order chi connectivity index (χ0) is 19.8. The van der Waals surface area contributed by atoms with Crippen LogP contribution in [0.4, 0.5) is 0 Å². The third kappa shape index (κ3) is 4.29. The van der Waals surface area contributed by atoms with E-state index in [0.717, 1.165) is 32.1 Å². The number of halogens is 5. The molecule has 0 aromatic heterocycles. The Morgan fingerprint density at radius 1 is 0.769 bits per heavy atom. The van der Waals surface area contributed by atoms with E-state index >= 15 is 0 Å². The summed E-state index contributed by atoms with van der Waals surface area (Å²) in [4.78, 5) is 25.3. The first kappa shape index (κ1) is 22.1. The molecule has 0 aromatic carbocycles. The van der Waals surface area contributed by atoms with Gasteiger partial charge in [-0.25, -0.2) is 0 Å². The van der Waals surface area contributed by atoms with Gasteiger partial charge < -0.3 is 10.6 Å². The predicted molar refractivity (Wildman–Crippen MR) is 122 cm³/mol. The van der Waals surface area contributed by atoms with E-state index in [1.54, 1.807) is 0 Å². The number of rotatable bonds is 3. The van der Waals surface area contributed by atoms with E-state index in [1.807, 2.05) is 0 Å². The number of carbonyl (C=O) groups is 2. The van der Waals surface area contributed by atoms with Gasteiger partial charge in [0.25, 0.3) is 5.91 Å². The smallest absolute Gasteiger partial charge is 0.259 e. The Bertz CT molecular complexity index is 592. The number of hydrogen-bond acceptors (Lipinski definition) is 2. The van der Waals surface area contributed by atoms with Crippen LogP contribution in [0.25, 0.3) is 0 Å². The minimum Gasteiger partial charge on any atom is -0.349 e. The molecule has 0 aromatic rings. The van der Waals surface area contributed by atoms with Gasteiger partial charge in [-0.3, -0.25) is 9.59 Å². The third-order valence-electron chi connectivity index (χ3n) is 5.91. The zero-order valence-electron chi connectivity index (χ0n) is 14.5. The summed E-state index contributed by atoms with van der Waals surface area (Å²) < 4.78 is -2.29. The second-order valence-corrected chi connectivity index (χ2v) is 19.6. The van der Waals surface area contributed by atoms with Crippen molar-refractivity contribution in [2.45, 2.75) is 68.7 Å². The van der Waals surface area contributed by atoms with Gasteiger partial charge in [0.15, 0.2) is 0 Å². The molecule has 4 aliphatic carbocycles. The standard InChI is InChI=1S/C16H20BBr5N2O2/c1-11-3-12(2)5-13(4-11,23-9(25)15(17,18)19)8-14(6-11,7-12)24-10(26)16(20,21)22/h3-8H2,1-2H3,(H,23,25)(H,24,26). The normalized spacial score (nSPS) is 41.8. The summed E-state index contributed by atoms with van der Waals surface area (Å²) in [6, 6.07) is 0. The van der Waals surface area contributed by atoms with Crippen molar-refractivity contribution in [3.05, 3.63) is 0 Å². The first-order chi connectivity index (χ1) is 11.5. The van der Waals surface area contributed by atoms with Gasteiger partial charge in [0.2, 0.25) is 8.05 Å². The van der Waals surface area contributed by atoms with Crippen LogP contribution in [0.3, 0.4) is 0 Å². The SMILES string of the molecule is [B]C(Br)(Br)C(=O)NC12CC3(C)CC(C)(C1)CC(NC(=O)C(Br)(Br)Br)(C3)C2. The fourth-order valence-corrected chi connectivity index (χ4v) is 7.09. The highest BCUT2D eigenvalue weighted by Crippen LogP contribution is 2.67. The molecule has 2 unspecified atom stereocenters. The summed E-state index contributed by atoms with van der Waals surface area (Å²) in [5, 5.41) is 6.47. The summed E-state index contributed by atoms with van der Waals surface area (Å²) in [6.45, 7) is 4.54. The lowest BCUT2D eigenvalue weighted by Gasteiger charge is -2.69. The van der Waals surface area contributed by atoms with Crippen molar-refractivity contribution in [3.63, 3.8) is 0 Å². The first-order valence-electron chi connectivity index (χ1n) is 8.38. The summed E-state index contributed by atoms with van der Waals surface area (Å²) in [6.07, 6.45) is 5.45. The maximum atomic E-state index is 12.7. The largest absolute Gasteiger partial charge is 0.349 e. The summed E-state index contributed by atoms with van der Waals surface area (Å²) >= 11 is 16.3. The molecule has 2 N–H and O–H groups in total. The lowest BCUT2D eigenvalue weighted by Crippen LogP contribution is -2.75. The molecule has 4 bridgehead atoms. The Kier molecular flexibility index (Phi) is 5.48. The van der Waals surface area contributed by atoms with Crippen LogP contribution >= 0.6 is 79.6 Å². The minimum absolute atomic E-state index is 0.0630. The Labute approximate surface area is 197 Å². The number of carbonyl (C=O) groups excluding carboxylic acids is 2. The van der Waals surface area contributed by atoms with Crippen LogP contribution in [0.2, 0.25) is 0 Å². The lowest BCUT2D eigenvalue weighted by atomic mass is 9.40.